The van der Waals surface area contributed by atoms with E-state index in [-0.39, 0.29) is 11.8 Å². The number of benzene rings is 1. The fourth-order valence-electron chi connectivity index (χ4n) is 2.70. The van der Waals surface area contributed by atoms with Crippen LogP contribution < -0.4 is 11.1 Å². The highest BCUT2D eigenvalue weighted by atomic mass is 16.1. The van der Waals surface area contributed by atoms with Gasteiger partial charge in [-0.3, -0.25) is 4.79 Å². The highest BCUT2D eigenvalue weighted by molar-refractivity contribution is 6.10. The van der Waals surface area contributed by atoms with Gasteiger partial charge < -0.3 is 16.5 Å². The Morgan fingerprint density at radius 3 is 2.95 bits per heavy atom. The second kappa shape index (κ2) is 6.23. The van der Waals surface area contributed by atoms with Crippen LogP contribution in [0.2, 0.25) is 0 Å². The van der Waals surface area contributed by atoms with Gasteiger partial charge in [0.25, 0.3) is 0 Å². The van der Waals surface area contributed by atoms with E-state index in [4.69, 9.17) is 16.4 Å². The average molecular weight is 282 g/mol. The molecule has 1 atom stereocenters. The van der Waals surface area contributed by atoms with E-state index in [1.165, 1.54) is 6.21 Å². The van der Waals surface area contributed by atoms with Crippen molar-refractivity contribution in [1.82, 2.24) is 5.32 Å². The molecule has 5 heteroatoms. The number of carbonyl (C=O) groups excluding carboxylic acids is 1. The molecule has 0 aromatic heterocycles. The first-order chi connectivity index (χ1) is 10.0. The van der Waals surface area contributed by atoms with E-state index in [2.05, 4.69) is 11.4 Å². The number of allylic oxidation sites excluding steroid dienone is 2. The van der Waals surface area contributed by atoms with Crippen molar-refractivity contribution >= 4 is 17.7 Å². The monoisotopic (exact) mass is 282 g/mol. The molecule has 0 radical (unpaired) electrons. The van der Waals surface area contributed by atoms with E-state index in [1.54, 1.807) is 6.07 Å². The summed E-state index contributed by atoms with van der Waals surface area (Å²) in [5.41, 5.74) is 9.51. The second-order valence-corrected chi connectivity index (χ2v) is 5.30. The average Bonchev–Trinajstić information content (AvgIpc) is 2.88. The summed E-state index contributed by atoms with van der Waals surface area (Å²) in [6, 6.07) is 7.54. The Bertz CT molecular complexity index is 655. The maximum atomic E-state index is 11.0. The fourth-order valence-corrected chi connectivity index (χ4v) is 2.70. The molecule has 4 N–H and O–H groups in total. The molecule has 0 saturated carbocycles. The van der Waals surface area contributed by atoms with Gasteiger partial charge in [-0.1, -0.05) is 6.07 Å². The maximum absolute atomic E-state index is 11.0. The first-order valence-electron chi connectivity index (χ1n) is 6.82. The van der Waals surface area contributed by atoms with E-state index < -0.39 is 0 Å². The van der Waals surface area contributed by atoms with Gasteiger partial charge in [0.15, 0.2) is 0 Å². The number of nitrogens with two attached hydrogens (primary N) is 1. The Hall–Kier alpha value is -2.61. The Morgan fingerprint density at radius 2 is 2.38 bits per heavy atom. The number of nitrogens with one attached hydrogen (secondary N) is 2. The minimum Gasteiger partial charge on any atom is -0.387 e. The third kappa shape index (κ3) is 3.29. The summed E-state index contributed by atoms with van der Waals surface area (Å²) >= 11 is 0. The van der Waals surface area contributed by atoms with Gasteiger partial charge in [0, 0.05) is 30.5 Å². The van der Waals surface area contributed by atoms with Gasteiger partial charge in [0.2, 0.25) is 5.91 Å². The van der Waals surface area contributed by atoms with Gasteiger partial charge >= 0.3 is 0 Å². The minimum atomic E-state index is -0.297. The molecule has 1 aliphatic heterocycles. The molecule has 1 fully saturated rings. The van der Waals surface area contributed by atoms with Gasteiger partial charge in [0.1, 0.15) is 0 Å². The van der Waals surface area contributed by atoms with Gasteiger partial charge in [-0.2, -0.15) is 5.26 Å². The van der Waals surface area contributed by atoms with Crippen LogP contribution in [0.3, 0.4) is 0 Å². The van der Waals surface area contributed by atoms with E-state index >= 15 is 0 Å². The molecule has 1 aliphatic rings. The third-order valence-corrected chi connectivity index (χ3v) is 3.70. The molecule has 0 aliphatic carbocycles. The summed E-state index contributed by atoms with van der Waals surface area (Å²) in [6.07, 6.45) is 2.39. The zero-order valence-corrected chi connectivity index (χ0v) is 11.9. The van der Waals surface area contributed by atoms with Crippen LogP contribution in [0.25, 0.3) is 5.57 Å². The highest BCUT2D eigenvalue weighted by Gasteiger charge is 2.23. The van der Waals surface area contributed by atoms with E-state index in [1.807, 2.05) is 19.1 Å². The zero-order valence-electron chi connectivity index (χ0n) is 11.9. The van der Waals surface area contributed by atoms with E-state index in [9.17, 15) is 4.79 Å². The second-order valence-electron chi connectivity index (χ2n) is 5.30. The standard InChI is InChI=1S/C16H18N4O/c1-10-4-11(7-17)2-3-13(10)14(8-18)15-5-12(9-20-15)6-16(19)21/h2-4,8,12,18,20H,5-6,9H2,1H3,(H2,19,21)/b15-14+,18-8?. The first-order valence-corrected chi connectivity index (χ1v) is 6.82. The number of nitriles is 1. The Labute approximate surface area is 124 Å². The molecule has 1 aromatic carbocycles. The third-order valence-electron chi connectivity index (χ3n) is 3.70. The van der Waals surface area contributed by atoms with Crippen LogP contribution in [-0.4, -0.2) is 18.7 Å². The molecule has 1 saturated heterocycles. The fraction of sp³-hybridized carbons (Fsp3) is 0.312. The minimum absolute atomic E-state index is 0.186. The molecular weight excluding hydrogens is 264 g/mol. The maximum Gasteiger partial charge on any atom is 0.217 e. The lowest BCUT2D eigenvalue weighted by molar-refractivity contribution is -0.118. The van der Waals surface area contributed by atoms with Crippen LogP contribution in [0.15, 0.2) is 23.9 Å². The van der Waals surface area contributed by atoms with Crippen molar-refractivity contribution in [3.63, 3.8) is 0 Å². The topological polar surface area (TPSA) is 103 Å². The number of hydrogen-bond donors (Lipinski definition) is 3. The summed E-state index contributed by atoms with van der Waals surface area (Å²) in [5.74, 6) is -0.111. The normalized spacial score (nSPS) is 19.5. The van der Waals surface area contributed by atoms with Gasteiger partial charge in [-0.15, -0.1) is 0 Å². The van der Waals surface area contributed by atoms with Gasteiger partial charge in [0.05, 0.1) is 11.6 Å². The van der Waals surface area contributed by atoms with Crippen LogP contribution in [-0.2, 0) is 4.79 Å². The molecule has 1 heterocycles. The van der Waals surface area contributed by atoms with Crippen LogP contribution in [0.4, 0.5) is 0 Å². The predicted octanol–water partition coefficient (Wildman–Crippen LogP) is 1.71. The van der Waals surface area contributed by atoms with E-state index in [0.717, 1.165) is 22.4 Å². The quantitative estimate of drug-likeness (QED) is 0.732. The molecule has 5 nitrogen and oxygen atoms in total. The molecule has 21 heavy (non-hydrogen) atoms. The number of aryl methyl sites for hydroxylation is 1. The molecule has 0 bridgehead atoms. The number of carbonyl (C=O) groups is 1. The van der Waals surface area contributed by atoms with Crippen molar-refractivity contribution in [2.24, 2.45) is 11.7 Å². The van der Waals surface area contributed by atoms with Crippen molar-refractivity contribution in [2.75, 3.05) is 6.54 Å². The smallest absolute Gasteiger partial charge is 0.217 e. The Morgan fingerprint density at radius 1 is 1.62 bits per heavy atom. The number of primary amides is 1. The van der Waals surface area contributed by atoms with Crippen molar-refractivity contribution in [3.8, 4) is 6.07 Å². The molecule has 2 rings (SSSR count). The summed E-state index contributed by atoms with van der Waals surface area (Å²) in [6.45, 7) is 2.63. The van der Waals surface area contributed by atoms with Crippen molar-refractivity contribution in [2.45, 2.75) is 19.8 Å². The molecule has 1 amide bonds. The molecule has 1 unspecified atom stereocenters. The highest BCUT2D eigenvalue weighted by Crippen LogP contribution is 2.28. The molecule has 1 aromatic rings. The summed E-state index contributed by atoms with van der Waals surface area (Å²) in [5, 5.41) is 19.9. The molecular formula is C16H18N4O. The van der Waals surface area contributed by atoms with E-state index in [0.29, 0.717) is 24.9 Å². The summed E-state index contributed by atoms with van der Waals surface area (Å²) in [4.78, 5) is 11.0. The number of hydrogen-bond acceptors (Lipinski definition) is 4. The SMILES string of the molecule is Cc1cc(C#N)ccc1/C(C=N)=C1\CC(CC(N)=O)CN1. The Balaban J connectivity index is 2.32. The number of amides is 1. The number of rotatable bonds is 4. The van der Waals surface area contributed by atoms with Crippen molar-refractivity contribution < 1.29 is 4.79 Å². The molecule has 108 valence electrons. The van der Waals surface area contributed by atoms with Crippen LogP contribution in [0.5, 0.6) is 0 Å². The lowest BCUT2D eigenvalue weighted by atomic mass is 9.95. The zero-order chi connectivity index (χ0) is 15.4. The van der Waals surface area contributed by atoms with Gasteiger partial charge in [-0.05, 0) is 42.5 Å². The predicted molar refractivity (Wildman–Crippen MR) is 81.5 cm³/mol. The van der Waals surface area contributed by atoms with Gasteiger partial charge in [-0.25, -0.2) is 0 Å². The van der Waals surface area contributed by atoms with Crippen LogP contribution >= 0.6 is 0 Å². The lowest BCUT2D eigenvalue weighted by Crippen LogP contribution is -2.18. The number of nitrogens with zero attached hydrogens (tertiary/aromatic N) is 1. The lowest BCUT2D eigenvalue weighted by Gasteiger charge is -2.10. The van der Waals surface area contributed by atoms with Crippen molar-refractivity contribution in [1.29, 1.82) is 10.7 Å². The van der Waals surface area contributed by atoms with Crippen molar-refractivity contribution in [3.05, 3.63) is 40.6 Å². The summed E-state index contributed by atoms with van der Waals surface area (Å²) < 4.78 is 0. The van der Waals surface area contributed by atoms with Crippen LogP contribution in [0.1, 0.15) is 29.5 Å². The Kier molecular flexibility index (Phi) is 4.39. The first kappa shape index (κ1) is 14.8. The largest absolute Gasteiger partial charge is 0.387 e. The molecule has 0 spiro atoms. The summed E-state index contributed by atoms with van der Waals surface area (Å²) in [7, 11) is 0. The van der Waals surface area contributed by atoms with Crippen LogP contribution in [0, 0.1) is 29.6 Å².